The summed E-state index contributed by atoms with van der Waals surface area (Å²) < 4.78 is 0. The van der Waals surface area contributed by atoms with Gasteiger partial charge in [-0.15, -0.1) is 0 Å². The molecule has 1 N–H and O–H groups in total. The van der Waals surface area contributed by atoms with E-state index >= 15 is 0 Å². The maximum absolute atomic E-state index is 13.1. The molecular formula is C18H33N3O3. The monoisotopic (exact) mass is 339 g/mol. The van der Waals surface area contributed by atoms with Crippen LogP contribution < -0.4 is 0 Å². The molecule has 0 aromatic carbocycles. The predicted octanol–water partition coefficient (Wildman–Crippen LogP) is 1.92. The largest absolute Gasteiger partial charge is 0.395 e. The van der Waals surface area contributed by atoms with Crippen LogP contribution in [0.5, 0.6) is 0 Å². The first kappa shape index (κ1) is 19.2. The van der Waals surface area contributed by atoms with Crippen molar-refractivity contribution in [1.82, 2.24) is 14.7 Å². The first-order valence-corrected chi connectivity index (χ1v) is 9.24. The third-order valence-corrected chi connectivity index (χ3v) is 5.53. The number of carbonyl (C=O) groups excluding carboxylic acids is 2. The molecule has 0 aromatic heterocycles. The fraction of sp³-hybridized carbons (Fsp3) is 0.889. The molecule has 2 aliphatic heterocycles. The van der Waals surface area contributed by atoms with E-state index in [0.717, 1.165) is 19.5 Å². The zero-order chi connectivity index (χ0) is 18.1. The highest BCUT2D eigenvalue weighted by molar-refractivity contribution is 6.07. The average molecular weight is 339 g/mol. The number of imide groups is 1. The number of urea groups is 1. The molecule has 0 unspecified atom stereocenters. The molecule has 0 aliphatic carbocycles. The highest BCUT2D eigenvalue weighted by Gasteiger charge is 2.58. The summed E-state index contributed by atoms with van der Waals surface area (Å²) >= 11 is 0. The van der Waals surface area contributed by atoms with E-state index in [0.29, 0.717) is 25.3 Å². The Morgan fingerprint density at radius 3 is 2.12 bits per heavy atom. The number of rotatable bonds is 6. The second kappa shape index (κ2) is 7.40. The van der Waals surface area contributed by atoms with Gasteiger partial charge in [-0.3, -0.25) is 14.6 Å². The fourth-order valence-corrected chi connectivity index (χ4v) is 3.83. The molecule has 2 aliphatic rings. The van der Waals surface area contributed by atoms with Crippen molar-refractivity contribution >= 4 is 11.9 Å². The average Bonchev–Trinajstić information content (AvgIpc) is 2.73. The molecule has 0 bridgehead atoms. The van der Waals surface area contributed by atoms with E-state index in [1.165, 1.54) is 4.90 Å². The van der Waals surface area contributed by atoms with Crippen molar-refractivity contribution in [3.05, 3.63) is 0 Å². The second-order valence-corrected chi connectivity index (χ2v) is 7.98. The second-order valence-electron chi connectivity index (χ2n) is 7.98. The zero-order valence-corrected chi connectivity index (χ0v) is 15.8. The molecule has 6 nitrogen and oxygen atoms in total. The van der Waals surface area contributed by atoms with Crippen molar-refractivity contribution in [2.24, 2.45) is 5.92 Å². The Labute approximate surface area is 145 Å². The molecule has 2 saturated heterocycles. The summed E-state index contributed by atoms with van der Waals surface area (Å²) in [6, 6.07) is -0.139. The Morgan fingerprint density at radius 2 is 1.67 bits per heavy atom. The van der Waals surface area contributed by atoms with Crippen LogP contribution in [-0.2, 0) is 4.79 Å². The molecule has 1 atom stereocenters. The standard InChI is InChI=1S/C18H33N3O3/c1-13(2)6-9-20-17(24)21(14(3)4)16(23)18(20)7-10-19(11-8-18)15(5)12-22/h13-15,22H,6-12H2,1-5H3/t15-/m0/s1. The lowest BCUT2D eigenvalue weighted by Crippen LogP contribution is -2.58. The van der Waals surface area contributed by atoms with Crippen LogP contribution in [0.1, 0.15) is 53.9 Å². The van der Waals surface area contributed by atoms with Gasteiger partial charge in [-0.05, 0) is 46.0 Å². The summed E-state index contributed by atoms with van der Waals surface area (Å²) in [6.45, 7) is 12.3. The number of hydrogen-bond acceptors (Lipinski definition) is 4. The Bertz CT molecular complexity index is 470. The summed E-state index contributed by atoms with van der Waals surface area (Å²) in [5, 5.41) is 9.37. The highest BCUT2D eigenvalue weighted by Crippen LogP contribution is 2.38. The van der Waals surface area contributed by atoms with Gasteiger partial charge in [0, 0.05) is 31.7 Å². The van der Waals surface area contributed by atoms with Gasteiger partial charge in [0.25, 0.3) is 5.91 Å². The van der Waals surface area contributed by atoms with Crippen molar-refractivity contribution in [2.75, 3.05) is 26.2 Å². The number of aliphatic hydroxyl groups is 1. The van der Waals surface area contributed by atoms with E-state index < -0.39 is 5.54 Å². The van der Waals surface area contributed by atoms with Crippen LogP contribution in [0.3, 0.4) is 0 Å². The fourth-order valence-electron chi connectivity index (χ4n) is 3.83. The number of likely N-dealkylation sites (tertiary alicyclic amines) is 1. The van der Waals surface area contributed by atoms with E-state index in [2.05, 4.69) is 18.7 Å². The van der Waals surface area contributed by atoms with Crippen molar-refractivity contribution < 1.29 is 14.7 Å². The molecule has 0 saturated carbocycles. The molecule has 138 valence electrons. The Balaban J connectivity index is 2.23. The Kier molecular flexibility index (Phi) is 5.91. The molecule has 1 spiro atoms. The molecule has 6 heteroatoms. The SMILES string of the molecule is CC(C)CCN1C(=O)N(C(C)C)C(=O)C12CCN([C@@H](C)CO)CC2. The number of hydrogen-bond donors (Lipinski definition) is 1. The molecule has 0 radical (unpaired) electrons. The normalized spacial score (nSPS) is 23.2. The molecule has 0 aromatic rings. The Morgan fingerprint density at radius 1 is 1.08 bits per heavy atom. The summed E-state index contributed by atoms with van der Waals surface area (Å²) in [5.41, 5.74) is -0.679. The minimum atomic E-state index is -0.679. The van der Waals surface area contributed by atoms with Gasteiger partial charge < -0.3 is 10.0 Å². The minimum absolute atomic E-state index is 0.0254. The van der Waals surface area contributed by atoms with Gasteiger partial charge in [0.05, 0.1) is 6.61 Å². The van der Waals surface area contributed by atoms with Gasteiger partial charge in [0.1, 0.15) is 5.54 Å². The van der Waals surface area contributed by atoms with Gasteiger partial charge >= 0.3 is 6.03 Å². The first-order valence-electron chi connectivity index (χ1n) is 9.24. The van der Waals surface area contributed by atoms with E-state index in [1.54, 1.807) is 0 Å². The zero-order valence-electron chi connectivity index (χ0n) is 15.8. The van der Waals surface area contributed by atoms with Crippen molar-refractivity contribution in [2.45, 2.75) is 71.5 Å². The van der Waals surface area contributed by atoms with Gasteiger partial charge in [-0.2, -0.15) is 0 Å². The third-order valence-electron chi connectivity index (χ3n) is 5.53. The van der Waals surface area contributed by atoms with Crippen LogP contribution in [0, 0.1) is 5.92 Å². The lowest BCUT2D eigenvalue weighted by molar-refractivity contribution is -0.137. The molecule has 2 heterocycles. The predicted molar refractivity (Wildman–Crippen MR) is 93.6 cm³/mol. The number of nitrogens with zero attached hydrogens (tertiary/aromatic N) is 3. The highest BCUT2D eigenvalue weighted by atomic mass is 16.3. The van der Waals surface area contributed by atoms with Gasteiger partial charge in [-0.25, -0.2) is 4.79 Å². The van der Waals surface area contributed by atoms with E-state index in [-0.39, 0.29) is 30.6 Å². The van der Waals surface area contributed by atoms with Crippen LogP contribution in [0.15, 0.2) is 0 Å². The lowest BCUT2D eigenvalue weighted by atomic mass is 9.85. The van der Waals surface area contributed by atoms with Gasteiger partial charge in [-0.1, -0.05) is 13.8 Å². The molecule has 2 fully saturated rings. The number of carbonyl (C=O) groups is 2. The van der Waals surface area contributed by atoms with Crippen LogP contribution in [-0.4, -0.2) is 75.6 Å². The minimum Gasteiger partial charge on any atom is -0.395 e. The van der Waals surface area contributed by atoms with Crippen molar-refractivity contribution in [1.29, 1.82) is 0 Å². The maximum atomic E-state index is 13.1. The molecule has 24 heavy (non-hydrogen) atoms. The van der Waals surface area contributed by atoms with Crippen LogP contribution >= 0.6 is 0 Å². The number of aliphatic hydroxyl groups excluding tert-OH is 1. The molecule has 2 rings (SSSR count). The number of piperidine rings is 1. The lowest BCUT2D eigenvalue weighted by Gasteiger charge is -2.44. The summed E-state index contributed by atoms with van der Waals surface area (Å²) in [6.07, 6.45) is 2.22. The van der Waals surface area contributed by atoms with E-state index in [9.17, 15) is 14.7 Å². The molecule has 3 amide bonds. The van der Waals surface area contributed by atoms with Crippen molar-refractivity contribution in [3.63, 3.8) is 0 Å². The summed E-state index contributed by atoms with van der Waals surface area (Å²) in [5.74, 6) is 0.468. The summed E-state index contributed by atoms with van der Waals surface area (Å²) in [7, 11) is 0. The molecular weight excluding hydrogens is 306 g/mol. The topological polar surface area (TPSA) is 64.1 Å². The Hall–Kier alpha value is -1.14. The smallest absolute Gasteiger partial charge is 0.327 e. The van der Waals surface area contributed by atoms with Crippen LogP contribution in [0.4, 0.5) is 4.79 Å². The first-order chi connectivity index (χ1) is 11.2. The van der Waals surface area contributed by atoms with Crippen molar-refractivity contribution in [3.8, 4) is 0 Å². The third kappa shape index (κ3) is 3.31. The van der Waals surface area contributed by atoms with Crippen LogP contribution in [0.2, 0.25) is 0 Å². The van der Waals surface area contributed by atoms with E-state index in [1.807, 2.05) is 25.7 Å². The quantitative estimate of drug-likeness (QED) is 0.751. The number of amides is 3. The van der Waals surface area contributed by atoms with Gasteiger partial charge in [0.15, 0.2) is 0 Å². The van der Waals surface area contributed by atoms with E-state index in [4.69, 9.17) is 0 Å². The maximum Gasteiger partial charge on any atom is 0.327 e. The van der Waals surface area contributed by atoms with Gasteiger partial charge in [0.2, 0.25) is 0 Å². The van der Waals surface area contributed by atoms with Crippen LogP contribution in [0.25, 0.3) is 0 Å². The summed E-state index contributed by atoms with van der Waals surface area (Å²) in [4.78, 5) is 31.5.